The van der Waals surface area contributed by atoms with Crippen molar-refractivity contribution in [2.24, 2.45) is 5.92 Å². The van der Waals surface area contributed by atoms with Crippen molar-refractivity contribution in [2.75, 3.05) is 0 Å². The number of fused-ring (bicyclic) bond motifs is 18. The van der Waals surface area contributed by atoms with Gasteiger partial charge in [-0.15, -0.1) is 9.13 Å². The van der Waals surface area contributed by atoms with Crippen LogP contribution in [0.2, 0.25) is 19.6 Å². The number of hydrogen-bond acceptors (Lipinski definition) is 1. The van der Waals surface area contributed by atoms with Crippen LogP contribution in [0, 0.1) is 5.92 Å². The van der Waals surface area contributed by atoms with Gasteiger partial charge in [0.1, 0.15) is 16.8 Å². The molecule has 0 bridgehead atoms. The Kier molecular flexibility index (Phi) is 8.01. The summed E-state index contributed by atoms with van der Waals surface area (Å²) in [5.41, 5.74) is 15.9. The molecule has 4 nitrogen and oxygen atoms in total. The van der Waals surface area contributed by atoms with Crippen LogP contribution in [-0.2, 0) is 17.5 Å². The number of furan rings is 1. The molecule has 10 aromatic rings. The van der Waals surface area contributed by atoms with Crippen molar-refractivity contribution in [3.8, 4) is 39.5 Å². The third kappa shape index (κ3) is 5.26. The van der Waals surface area contributed by atoms with Gasteiger partial charge in [-0.1, -0.05) is 139 Å². The number of rotatable bonds is 5. The molecule has 3 aromatic heterocycles. The molecule has 0 N–H and O–H groups in total. The Bertz CT molecular complexity index is 3540. The molecule has 2 aliphatic heterocycles. The van der Waals surface area contributed by atoms with Crippen LogP contribution in [0.25, 0.3) is 83.2 Å². The summed E-state index contributed by atoms with van der Waals surface area (Å²) in [6.45, 7) is 19.2. The van der Waals surface area contributed by atoms with Gasteiger partial charge in [0.15, 0.2) is 22.8 Å². The molecule has 5 heteroatoms. The van der Waals surface area contributed by atoms with Gasteiger partial charge in [0, 0.05) is 33.0 Å². The normalized spacial score (nSPS) is 15.6. The van der Waals surface area contributed by atoms with Crippen molar-refractivity contribution < 1.29 is 13.6 Å². The van der Waals surface area contributed by atoms with E-state index >= 15 is 0 Å². The Balaban J connectivity index is 1.35. The predicted octanol–water partition coefficient (Wildman–Crippen LogP) is 13.2. The summed E-state index contributed by atoms with van der Waals surface area (Å²) in [4.78, 5) is 0. The van der Waals surface area contributed by atoms with Crippen LogP contribution in [0.4, 0.5) is 0 Å². The van der Waals surface area contributed by atoms with Crippen LogP contribution >= 0.6 is 0 Å². The molecule has 308 valence electrons. The Labute approximate surface area is 370 Å². The van der Waals surface area contributed by atoms with E-state index in [1.54, 1.807) is 0 Å². The van der Waals surface area contributed by atoms with Gasteiger partial charge < -0.3 is 4.42 Å². The number of benzene rings is 7. The van der Waals surface area contributed by atoms with E-state index in [0.29, 0.717) is 5.92 Å². The summed E-state index contributed by atoms with van der Waals surface area (Å²) in [7, 11) is -1.87. The monoisotopic (exact) mass is 835 g/mol. The van der Waals surface area contributed by atoms with Crippen molar-refractivity contribution >= 4 is 57.0 Å². The lowest BCUT2D eigenvalue weighted by Crippen LogP contribution is -2.72. The molecule has 1 unspecified atom stereocenters. The van der Waals surface area contributed by atoms with Crippen molar-refractivity contribution in [3.63, 3.8) is 0 Å². The number of aromatic nitrogens is 3. The minimum absolute atomic E-state index is 0.0405. The summed E-state index contributed by atoms with van der Waals surface area (Å²) >= 11 is 0. The lowest BCUT2D eigenvalue weighted by molar-refractivity contribution is -0.944. The molecule has 0 radical (unpaired) electrons. The Morgan fingerprint density at radius 2 is 1.41 bits per heavy atom. The average Bonchev–Trinajstić information content (AvgIpc) is 3.99. The fourth-order valence-corrected chi connectivity index (χ4v) is 12.9. The van der Waals surface area contributed by atoms with Crippen LogP contribution in [0.1, 0.15) is 56.9 Å². The molecule has 0 aliphatic carbocycles. The fourth-order valence-electron chi connectivity index (χ4n) is 11.2. The second-order valence-electron chi connectivity index (χ2n) is 20.5. The van der Waals surface area contributed by atoms with Crippen LogP contribution in [0.5, 0.6) is 0 Å². The van der Waals surface area contributed by atoms with Crippen LogP contribution in [0.15, 0.2) is 162 Å². The first-order chi connectivity index (χ1) is 30.4. The quantitative estimate of drug-likeness (QED) is 0.125. The van der Waals surface area contributed by atoms with Crippen molar-refractivity contribution in [2.45, 2.75) is 71.8 Å². The molecular weight excluding hydrogens is 783 g/mol. The van der Waals surface area contributed by atoms with Crippen molar-refractivity contribution in [1.29, 1.82) is 0 Å². The van der Waals surface area contributed by atoms with Gasteiger partial charge in [-0.2, -0.15) is 4.57 Å². The van der Waals surface area contributed by atoms with E-state index in [9.17, 15) is 0 Å². The predicted molar refractivity (Wildman–Crippen MR) is 263 cm³/mol. The first-order valence-corrected chi connectivity index (χ1v) is 26.2. The Hall–Kier alpha value is -6.56. The average molecular weight is 836 g/mol. The fraction of sp³-hybridized carbons (Fsp3) is 0.207. The second kappa shape index (κ2) is 13.2. The Morgan fingerprint density at radius 3 is 2.19 bits per heavy atom. The maximum Gasteiger partial charge on any atom is 0.364 e. The van der Waals surface area contributed by atoms with Gasteiger partial charge in [-0.05, 0) is 100 Å². The van der Waals surface area contributed by atoms with Gasteiger partial charge in [0.25, 0.3) is 0 Å². The topological polar surface area (TPSA) is 25.8 Å². The summed E-state index contributed by atoms with van der Waals surface area (Å²) < 4.78 is 15.2. The highest BCUT2D eigenvalue weighted by Crippen LogP contribution is 2.53. The third-order valence-corrected chi connectivity index (χ3v) is 16.0. The van der Waals surface area contributed by atoms with Gasteiger partial charge in [0.2, 0.25) is 5.69 Å². The summed E-state index contributed by atoms with van der Waals surface area (Å²) in [6.07, 6.45) is 3.64. The van der Waals surface area contributed by atoms with Crippen molar-refractivity contribution in [3.05, 3.63) is 180 Å². The molecule has 0 saturated heterocycles. The highest BCUT2D eigenvalue weighted by Gasteiger charge is 2.67. The number of hydrogen-bond donors (Lipinski definition) is 0. The molecule has 0 amide bonds. The smallest absolute Gasteiger partial charge is 0.364 e. The van der Waals surface area contributed by atoms with E-state index in [2.05, 4.69) is 226 Å². The maximum atomic E-state index is 7.20. The summed E-state index contributed by atoms with van der Waals surface area (Å²) in [5, 5.41) is 6.23. The molecule has 63 heavy (non-hydrogen) atoms. The molecule has 2 aliphatic rings. The van der Waals surface area contributed by atoms with Crippen molar-refractivity contribution in [1.82, 2.24) is 4.57 Å². The number of nitrogens with zero attached hydrogens (tertiary/aromatic N) is 3. The molecule has 0 saturated carbocycles. The highest BCUT2D eigenvalue weighted by molar-refractivity contribution is 6.89. The van der Waals surface area contributed by atoms with E-state index in [1.807, 2.05) is 0 Å². The summed E-state index contributed by atoms with van der Waals surface area (Å²) in [6, 6.07) is 56.9. The van der Waals surface area contributed by atoms with E-state index in [0.717, 1.165) is 51.0 Å². The zero-order chi connectivity index (χ0) is 43.2. The molecule has 5 heterocycles. The Morgan fingerprint density at radius 1 is 0.683 bits per heavy atom. The van der Waals surface area contributed by atoms with E-state index < -0.39 is 13.7 Å². The first kappa shape index (κ1) is 38.1. The number of para-hydroxylation sites is 1. The van der Waals surface area contributed by atoms with Gasteiger partial charge in [0.05, 0.1) is 24.8 Å². The SMILES string of the molecule is CC(C)Cc1cc2[n+](cc1[Si](C)(C)C)C1(c3ccccc3-2)c2ccc3c(oc4ccccc43)c2-c2n(-c3ccc(C(C)(C)C)cc3-c3ccccc3)c3ccc4ccccc4c3[n+]21. The lowest BCUT2D eigenvalue weighted by Gasteiger charge is -2.24. The van der Waals surface area contributed by atoms with E-state index in [4.69, 9.17) is 4.42 Å². The first-order valence-electron chi connectivity index (χ1n) is 22.7. The van der Waals surface area contributed by atoms with Crippen LogP contribution in [-0.4, -0.2) is 12.6 Å². The summed E-state index contributed by atoms with van der Waals surface area (Å²) in [5.74, 6) is 1.66. The molecule has 1 atom stereocenters. The van der Waals surface area contributed by atoms with E-state index in [-0.39, 0.29) is 5.41 Å². The zero-order valence-corrected chi connectivity index (χ0v) is 38.5. The molecule has 7 aromatic carbocycles. The van der Waals surface area contributed by atoms with Gasteiger partial charge >= 0.3 is 11.5 Å². The second-order valence-corrected chi connectivity index (χ2v) is 25.5. The largest absolute Gasteiger partial charge is 0.455 e. The van der Waals surface area contributed by atoms with Gasteiger partial charge in [-0.25, -0.2) is 0 Å². The molecular formula is C58H53N3OSi+2. The number of pyridine rings is 1. The van der Waals surface area contributed by atoms with E-state index in [1.165, 1.54) is 66.1 Å². The lowest BCUT2D eigenvalue weighted by atomic mass is 9.85. The van der Waals surface area contributed by atoms with Crippen LogP contribution < -0.4 is 14.3 Å². The molecule has 1 spiro atoms. The zero-order valence-electron chi connectivity index (χ0n) is 37.5. The standard InChI is InChI=1S/C58H53N3OSi/c1-36(2)32-39-33-50-44-23-14-16-24-46(44)58(59(50)35-52(39)63(6,7)8)47-29-28-43-42-22-15-17-25-51(42)62-55(43)53(47)56-60(49-30-26-38-20-12-13-21-41(38)54(49)61(56)58)48-31-27-40(57(3,4)5)34-45(48)37-18-10-9-11-19-37/h9-31,33-36H,32H2,1-8H3/q+2. The minimum Gasteiger partial charge on any atom is -0.455 e. The van der Waals surface area contributed by atoms with Crippen LogP contribution in [0.3, 0.4) is 0 Å². The highest BCUT2D eigenvalue weighted by atomic mass is 28.3. The third-order valence-electron chi connectivity index (χ3n) is 14.0. The molecule has 0 fully saturated rings. The minimum atomic E-state index is -1.87. The molecule has 12 rings (SSSR count). The number of imidazole rings is 1. The van der Waals surface area contributed by atoms with Gasteiger partial charge in [-0.3, -0.25) is 0 Å². The maximum absolute atomic E-state index is 7.20.